The monoisotopic (exact) mass is 309 g/mol. The zero-order valence-electron chi connectivity index (χ0n) is 14.4. The van der Waals surface area contributed by atoms with Crippen LogP contribution in [0.2, 0.25) is 0 Å². The van der Waals surface area contributed by atoms with E-state index < -0.39 is 0 Å². The average Bonchev–Trinajstić information content (AvgIpc) is 3.39. The summed E-state index contributed by atoms with van der Waals surface area (Å²) in [4.78, 5) is 9.32. The Kier molecular flexibility index (Phi) is 5.09. The van der Waals surface area contributed by atoms with Crippen LogP contribution in [0.1, 0.15) is 42.6 Å². The third-order valence-corrected chi connectivity index (χ3v) is 4.75. The van der Waals surface area contributed by atoms with E-state index in [0.717, 1.165) is 24.8 Å². The number of nitrogens with zero attached hydrogens (tertiary/aromatic N) is 3. The first-order chi connectivity index (χ1) is 11.1. The third kappa shape index (κ3) is 4.40. The lowest BCUT2D eigenvalue weighted by atomic mass is 10.0. The summed E-state index contributed by atoms with van der Waals surface area (Å²) in [6, 6.07) is 16.4. The van der Waals surface area contributed by atoms with E-state index in [0.29, 0.717) is 6.04 Å². The molecule has 1 saturated carbocycles. The fourth-order valence-electron chi connectivity index (χ4n) is 2.94. The van der Waals surface area contributed by atoms with Crippen LogP contribution < -0.4 is 0 Å². The van der Waals surface area contributed by atoms with Gasteiger partial charge in [0, 0.05) is 31.4 Å². The van der Waals surface area contributed by atoms with E-state index in [9.17, 15) is 0 Å². The quantitative estimate of drug-likeness (QED) is 0.774. The Hall–Kier alpha value is -1.71. The van der Waals surface area contributed by atoms with Gasteiger partial charge in [0.05, 0.1) is 5.69 Å². The number of aromatic nitrogens is 1. The lowest BCUT2D eigenvalue weighted by Crippen LogP contribution is -2.25. The Balaban J connectivity index is 1.72. The molecule has 3 nitrogen and oxygen atoms in total. The summed E-state index contributed by atoms with van der Waals surface area (Å²) in [5.41, 5.74) is 3.96. The first kappa shape index (κ1) is 16.2. The van der Waals surface area contributed by atoms with Crippen molar-refractivity contribution in [3.63, 3.8) is 0 Å². The van der Waals surface area contributed by atoms with Gasteiger partial charge in [-0.25, -0.2) is 0 Å². The van der Waals surface area contributed by atoms with Crippen molar-refractivity contribution in [2.24, 2.45) is 0 Å². The van der Waals surface area contributed by atoms with Crippen LogP contribution in [0.5, 0.6) is 0 Å². The Morgan fingerprint density at radius 2 is 1.91 bits per heavy atom. The number of rotatable bonds is 7. The van der Waals surface area contributed by atoms with Gasteiger partial charge in [-0.2, -0.15) is 0 Å². The molecule has 23 heavy (non-hydrogen) atoms. The summed E-state index contributed by atoms with van der Waals surface area (Å²) in [5, 5.41) is 0. The minimum Gasteiger partial charge on any atom is -0.303 e. The number of hydrogen-bond donors (Lipinski definition) is 0. The van der Waals surface area contributed by atoms with E-state index >= 15 is 0 Å². The summed E-state index contributed by atoms with van der Waals surface area (Å²) >= 11 is 0. The number of benzene rings is 1. The van der Waals surface area contributed by atoms with Crippen molar-refractivity contribution >= 4 is 0 Å². The summed E-state index contributed by atoms with van der Waals surface area (Å²) in [6.07, 6.45) is 4.53. The average molecular weight is 309 g/mol. The molecule has 0 radical (unpaired) electrons. The smallest absolute Gasteiger partial charge is 0.0544 e. The minimum absolute atomic E-state index is 0.445. The zero-order valence-corrected chi connectivity index (χ0v) is 14.4. The van der Waals surface area contributed by atoms with E-state index in [4.69, 9.17) is 0 Å². The largest absolute Gasteiger partial charge is 0.303 e. The van der Waals surface area contributed by atoms with Crippen LogP contribution in [0.3, 0.4) is 0 Å². The summed E-state index contributed by atoms with van der Waals surface area (Å²) < 4.78 is 0. The predicted molar refractivity (Wildman–Crippen MR) is 95.1 cm³/mol. The second-order valence-electron chi connectivity index (χ2n) is 6.84. The Morgan fingerprint density at radius 3 is 2.57 bits per heavy atom. The van der Waals surface area contributed by atoms with Crippen molar-refractivity contribution in [3.8, 4) is 0 Å². The summed E-state index contributed by atoms with van der Waals surface area (Å²) in [7, 11) is 4.27. The topological polar surface area (TPSA) is 19.4 Å². The molecule has 1 aromatic heterocycles. The second kappa shape index (κ2) is 7.24. The molecule has 0 spiro atoms. The highest BCUT2D eigenvalue weighted by molar-refractivity contribution is 5.26. The van der Waals surface area contributed by atoms with Crippen molar-refractivity contribution < 1.29 is 0 Å². The molecule has 0 N–H and O–H groups in total. The molecule has 1 fully saturated rings. The molecule has 3 heteroatoms. The molecule has 122 valence electrons. The Morgan fingerprint density at radius 1 is 1.09 bits per heavy atom. The van der Waals surface area contributed by atoms with Gasteiger partial charge in [0.15, 0.2) is 0 Å². The SMILES string of the molecule is C[C@H](c1cccc(CN(Cc2ccccn2)C2CC2)c1)N(C)C. The van der Waals surface area contributed by atoms with E-state index in [1.165, 1.54) is 24.0 Å². The summed E-state index contributed by atoms with van der Waals surface area (Å²) in [5.74, 6) is 0. The van der Waals surface area contributed by atoms with Crippen LogP contribution in [0.4, 0.5) is 0 Å². The minimum atomic E-state index is 0.445. The van der Waals surface area contributed by atoms with Crippen LogP contribution in [0.15, 0.2) is 48.7 Å². The molecule has 1 aromatic carbocycles. The van der Waals surface area contributed by atoms with Crippen LogP contribution in [0, 0.1) is 0 Å². The molecule has 0 saturated heterocycles. The van der Waals surface area contributed by atoms with Gasteiger partial charge in [-0.3, -0.25) is 9.88 Å². The van der Waals surface area contributed by atoms with Crippen LogP contribution in [-0.2, 0) is 13.1 Å². The lowest BCUT2D eigenvalue weighted by molar-refractivity contribution is 0.242. The van der Waals surface area contributed by atoms with E-state index in [1.807, 2.05) is 12.3 Å². The maximum absolute atomic E-state index is 4.49. The third-order valence-electron chi connectivity index (χ3n) is 4.75. The molecule has 3 rings (SSSR count). The van der Waals surface area contributed by atoms with Crippen molar-refractivity contribution in [1.82, 2.24) is 14.8 Å². The zero-order chi connectivity index (χ0) is 16.2. The number of pyridine rings is 1. The number of hydrogen-bond acceptors (Lipinski definition) is 3. The normalized spacial score (nSPS) is 16.0. The van der Waals surface area contributed by atoms with Crippen molar-refractivity contribution in [2.75, 3.05) is 14.1 Å². The van der Waals surface area contributed by atoms with E-state index in [-0.39, 0.29) is 0 Å². The van der Waals surface area contributed by atoms with Gasteiger partial charge in [-0.15, -0.1) is 0 Å². The maximum Gasteiger partial charge on any atom is 0.0544 e. The van der Waals surface area contributed by atoms with Crippen LogP contribution in [0.25, 0.3) is 0 Å². The fourth-order valence-corrected chi connectivity index (χ4v) is 2.94. The molecular formula is C20H27N3. The standard InChI is InChI=1S/C20H27N3/c1-16(22(2)3)18-8-6-7-17(13-18)14-23(20-10-11-20)15-19-9-4-5-12-21-19/h4-9,12-13,16,20H,10-11,14-15H2,1-3H3/t16-/m1/s1. The predicted octanol–water partition coefficient (Wildman–Crippen LogP) is 3.87. The lowest BCUT2D eigenvalue weighted by Gasteiger charge is -2.24. The molecule has 0 amide bonds. The van der Waals surface area contributed by atoms with Gasteiger partial charge in [0.25, 0.3) is 0 Å². The first-order valence-electron chi connectivity index (χ1n) is 8.52. The maximum atomic E-state index is 4.49. The van der Waals surface area contributed by atoms with Crippen molar-refractivity contribution in [1.29, 1.82) is 0 Å². The van der Waals surface area contributed by atoms with Gasteiger partial charge in [-0.1, -0.05) is 30.3 Å². The fraction of sp³-hybridized carbons (Fsp3) is 0.450. The van der Waals surface area contributed by atoms with Gasteiger partial charge >= 0.3 is 0 Å². The molecule has 2 aromatic rings. The van der Waals surface area contributed by atoms with Gasteiger partial charge < -0.3 is 4.90 Å². The molecule has 1 atom stereocenters. The second-order valence-corrected chi connectivity index (χ2v) is 6.84. The van der Waals surface area contributed by atoms with Gasteiger partial charge in [0.1, 0.15) is 0 Å². The van der Waals surface area contributed by atoms with Gasteiger partial charge in [0.2, 0.25) is 0 Å². The van der Waals surface area contributed by atoms with Crippen LogP contribution >= 0.6 is 0 Å². The molecule has 1 heterocycles. The Bertz CT molecular complexity index is 620. The van der Waals surface area contributed by atoms with Crippen molar-refractivity contribution in [3.05, 3.63) is 65.5 Å². The molecule has 0 bridgehead atoms. The highest BCUT2D eigenvalue weighted by Gasteiger charge is 2.29. The molecular weight excluding hydrogens is 282 g/mol. The van der Waals surface area contributed by atoms with Gasteiger partial charge in [-0.05, 0) is 57.1 Å². The van der Waals surface area contributed by atoms with Crippen molar-refractivity contribution in [2.45, 2.75) is 44.9 Å². The van der Waals surface area contributed by atoms with E-state index in [2.05, 4.69) is 72.2 Å². The van der Waals surface area contributed by atoms with E-state index in [1.54, 1.807) is 0 Å². The molecule has 0 aliphatic heterocycles. The molecule has 1 aliphatic rings. The Labute approximate surface area is 140 Å². The molecule has 1 aliphatic carbocycles. The first-order valence-corrected chi connectivity index (χ1v) is 8.52. The summed E-state index contributed by atoms with van der Waals surface area (Å²) in [6.45, 7) is 4.21. The molecule has 0 unspecified atom stereocenters. The van der Waals surface area contributed by atoms with Crippen LogP contribution in [-0.4, -0.2) is 34.9 Å². The highest BCUT2D eigenvalue weighted by Crippen LogP contribution is 2.30. The highest BCUT2D eigenvalue weighted by atomic mass is 15.2.